The third-order valence-corrected chi connectivity index (χ3v) is 2.13. The van der Waals surface area contributed by atoms with E-state index < -0.39 is 5.97 Å². The molecule has 0 amide bonds. The van der Waals surface area contributed by atoms with Crippen molar-refractivity contribution in [3.63, 3.8) is 0 Å². The van der Waals surface area contributed by atoms with Crippen molar-refractivity contribution in [2.24, 2.45) is 4.99 Å². The lowest BCUT2D eigenvalue weighted by Crippen LogP contribution is -2.07. The van der Waals surface area contributed by atoms with E-state index in [1.807, 2.05) is 0 Å². The number of ether oxygens (including phenoxy) is 2. The first kappa shape index (κ1) is 27.7. The zero-order valence-corrected chi connectivity index (χ0v) is 16.0. The highest BCUT2D eigenvalue weighted by Gasteiger charge is 2.00. The maximum atomic E-state index is 10.7. The van der Waals surface area contributed by atoms with Gasteiger partial charge in [0.1, 0.15) is 6.61 Å². The molecule has 0 unspecified atom stereocenters. The van der Waals surface area contributed by atoms with E-state index in [4.69, 9.17) is 11.2 Å². The van der Waals surface area contributed by atoms with Crippen molar-refractivity contribution >= 4 is 23.6 Å². The molecule has 0 aromatic carbocycles. The summed E-state index contributed by atoms with van der Waals surface area (Å²) in [7, 11) is 0. The van der Waals surface area contributed by atoms with E-state index in [0.717, 1.165) is 0 Å². The van der Waals surface area contributed by atoms with Crippen LogP contribution in [0.2, 0.25) is 0 Å². The van der Waals surface area contributed by atoms with E-state index in [2.05, 4.69) is 47.8 Å². The SMILES string of the molecule is C#CCOC(=O)C(=C)C.C=C(C)C(C)=O.C=C=NCCOC(=O)C(=C)C. The Morgan fingerprint density at radius 3 is 1.65 bits per heavy atom. The molecule has 0 atom stereocenters. The average molecular weight is 361 g/mol. The summed E-state index contributed by atoms with van der Waals surface area (Å²) in [6.45, 7) is 20.5. The predicted octanol–water partition coefficient (Wildman–Crippen LogP) is 2.85. The molecule has 26 heavy (non-hydrogen) atoms. The van der Waals surface area contributed by atoms with Gasteiger partial charge in [-0.25, -0.2) is 14.6 Å². The van der Waals surface area contributed by atoms with Crippen LogP contribution in [0.4, 0.5) is 0 Å². The number of hydrogen-bond acceptors (Lipinski definition) is 6. The van der Waals surface area contributed by atoms with Gasteiger partial charge in [0.15, 0.2) is 12.4 Å². The molecule has 0 aromatic heterocycles. The summed E-state index contributed by atoms with van der Waals surface area (Å²) in [4.78, 5) is 34.9. The molecule has 142 valence electrons. The number of allylic oxidation sites excluding steroid dienone is 1. The highest BCUT2D eigenvalue weighted by atomic mass is 16.5. The number of esters is 2. The van der Waals surface area contributed by atoms with Gasteiger partial charge in [-0.2, -0.15) is 0 Å². The number of hydrogen-bond donors (Lipinski definition) is 0. The molecule has 0 saturated heterocycles. The lowest BCUT2D eigenvalue weighted by molar-refractivity contribution is -0.139. The maximum absolute atomic E-state index is 10.7. The molecule has 0 N–H and O–H groups in total. The van der Waals surface area contributed by atoms with Gasteiger partial charge in [0.2, 0.25) is 0 Å². The smallest absolute Gasteiger partial charge is 0.334 e. The monoisotopic (exact) mass is 361 g/mol. The number of ketones is 1. The van der Waals surface area contributed by atoms with Gasteiger partial charge in [0.05, 0.1) is 6.54 Å². The normalized spacial score (nSPS) is 7.81. The first-order chi connectivity index (χ1) is 12.0. The maximum Gasteiger partial charge on any atom is 0.334 e. The molecule has 0 saturated carbocycles. The summed E-state index contributed by atoms with van der Waals surface area (Å²) in [6, 6.07) is 0. The van der Waals surface area contributed by atoms with Crippen LogP contribution in [-0.4, -0.2) is 43.4 Å². The minimum atomic E-state index is -0.437. The van der Waals surface area contributed by atoms with Gasteiger partial charge >= 0.3 is 11.9 Å². The molecule has 0 aromatic rings. The molecule has 0 aliphatic rings. The predicted molar refractivity (Wildman–Crippen MR) is 104 cm³/mol. The van der Waals surface area contributed by atoms with Crippen LogP contribution in [0.25, 0.3) is 0 Å². The topological polar surface area (TPSA) is 82.0 Å². The third-order valence-electron chi connectivity index (χ3n) is 2.13. The number of nitrogens with zero attached hydrogens (tertiary/aromatic N) is 1. The first-order valence-electron chi connectivity index (χ1n) is 7.44. The minimum Gasteiger partial charge on any atom is -0.460 e. The van der Waals surface area contributed by atoms with Crippen molar-refractivity contribution in [2.45, 2.75) is 27.7 Å². The lowest BCUT2D eigenvalue weighted by atomic mass is 10.3. The van der Waals surface area contributed by atoms with Crippen LogP contribution in [0.3, 0.4) is 0 Å². The van der Waals surface area contributed by atoms with Gasteiger partial charge in [-0.1, -0.05) is 25.7 Å². The van der Waals surface area contributed by atoms with Crippen LogP contribution in [0.5, 0.6) is 0 Å². The third kappa shape index (κ3) is 23.1. The fourth-order valence-corrected chi connectivity index (χ4v) is 0.617. The van der Waals surface area contributed by atoms with Crippen molar-refractivity contribution in [1.29, 1.82) is 0 Å². The molecule has 0 rings (SSSR count). The second kappa shape index (κ2) is 18.2. The summed E-state index contributed by atoms with van der Waals surface area (Å²) < 4.78 is 9.18. The molecule has 0 aliphatic carbocycles. The van der Waals surface area contributed by atoms with Gasteiger partial charge in [-0.05, 0) is 45.7 Å². The molecule has 0 bridgehead atoms. The quantitative estimate of drug-likeness (QED) is 0.229. The second-order valence-corrected chi connectivity index (χ2v) is 4.85. The van der Waals surface area contributed by atoms with Gasteiger partial charge in [-0.15, -0.1) is 6.42 Å². The van der Waals surface area contributed by atoms with Crippen LogP contribution in [0.1, 0.15) is 27.7 Å². The Labute approximate surface area is 156 Å². The van der Waals surface area contributed by atoms with Crippen molar-refractivity contribution in [3.8, 4) is 12.3 Å². The molecular formula is C20H27NO5. The Kier molecular flexibility index (Phi) is 19.4. The highest BCUT2D eigenvalue weighted by molar-refractivity contribution is 5.91. The largest absolute Gasteiger partial charge is 0.460 e. The molecule has 0 heterocycles. The van der Waals surface area contributed by atoms with E-state index in [1.54, 1.807) is 20.8 Å². The number of Topliss-reactive ketones (excluding diaryl/α,β-unsaturated/α-hetero) is 1. The Bertz CT molecular complexity index is 605. The fraction of sp³-hybridized carbons (Fsp3) is 0.350. The summed E-state index contributed by atoms with van der Waals surface area (Å²) >= 11 is 0. The van der Waals surface area contributed by atoms with Gasteiger partial charge in [0, 0.05) is 11.1 Å². The lowest BCUT2D eigenvalue weighted by Gasteiger charge is -1.99. The number of terminal acetylenes is 1. The number of aliphatic imine (C=N–C) groups is 1. The van der Waals surface area contributed by atoms with E-state index in [9.17, 15) is 14.4 Å². The summed E-state index contributed by atoms with van der Waals surface area (Å²) in [5.41, 5.74) is 1.38. The van der Waals surface area contributed by atoms with Crippen molar-refractivity contribution in [2.75, 3.05) is 19.8 Å². The van der Waals surface area contributed by atoms with Crippen LogP contribution < -0.4 is 0 Å². The number of carbonyl (C=O) groups is 3. The minimum absolute atomic E-state index is 0.0195. The van der Waals surface area contributed by atoms with Gasteiger partial charge in [0.25, 0.3) is 0 Å². The summed E-state index contributed by atoms with van der Waals surface area (Å²) in [6.07, 6.45) is 4.82. The van der Waals surface area contributed by atoms with E-state index in [-0.39, 0.29) is 25.0 Å². The molecule has 0 radical (unpaired) electrons. The second-order valence-electron chi connectivity index (χ2n) is 4.85. The first-order valence-corrected chi connectivity index (χ1v) is 7.44. The Hall–Kier alpha value is -3.16. The zero-order valence-electron chi connectivity index (χ0n) is 16.0. The molecule has 6 heteroatoms. The highest BCUT2D eigenvalue weighted by Crippen LogP contribution is 1.91. The van der Waals surface area contributed by atoms with Gasteiger partial charge in [-0.3, -0.25) is 4.79 Å². The Balaban J connectivity index is -0.000000319. The zero-order chi connectivity index (χ0) is 21.1. The Morgan fingerprint density at radius 1 is 0.923 bits per heavy atom. The van der Waals surface area contributed by atoms with E-state index >= 15 is 0 Å². The molecule has 6 nitrogen and oxygen atoms in total. The van der Waals surface area contributed by atoms with Crippen LogP contribution in [0, 0.1) is 12.3 Å². The number of carbonyl (C=O) groups excluding carboxylic acids is 3. The molecule has 0 aliphatic heterocycles. The van der Waals surface area contributed by atoms with Crippen LogP contribution >= 0.6 is 0 Å². The molecule has 0 fully saturated rings. The fourth-order valence-electron chi connectivity index (χ4n) is 0.617. The molecule has 0 spiro atoms. The Morgan fingerprint density at radius 2 is 1.35 bits per heavy atom. The van der Waals surface area contributed by atoms with Crippen LogP contribution in [0.15, 0.2) is 48.0 Å². The standard InChI is InChI=1S/C8H11NO2.C7H8O2.C5H8O/c1-4-9-5-6-11-8(10)7(2)3;1-4-5-9-7(8)6(2)3;1-4(2)5(3)6/h1-2,5-6H2,3H3;1H,2,5H2,3H3;1H2,2-3H3. The summed E-state index contributed by atoms with van der Waals surface area (Å²) in [5, 5.41) is 0. The number of rotatable bonds is 7. The summed E-state index contributed by atoms with van der Waals surface area (Å²) in [5.74, 6) is 3.74. The van der Waals surface area contributed by atoms with Gasteiger partial charge < -0.3 is 9.47 Å². The van der Waals surface area contributed by atoms with E-state index in [1.165, 1.54) is 6.92 Å². The van der Waals surface area contributed by atoms with Crippen molar-refractivity contribution < 1.29 is 23.9 Å². The van der Waals surface area contributed by atoms with Crippen molar-refractivity contribution in [3.05, 3.63) is 43.0 Å². The van der Waals surface area contributed by atoms with Crippen LogP contribution in [-0.2, 0) is 23.9 Å². The van der Waals surface area contributed by atoms with E-state index in [0.29, 0.717) is 23.3 Å². The van der Waals surface area contributed by atoms with Crippen molar-refractivity contribution in [1.82, 2.24) is 0 Å². The molecular weight excluding hydrogens is 334 g/mol. The average Bonchev–Trinajstić information content (AvgIpc) is 2.57.